The van der Waals surface area contributed by atoms with Crippen LogP contribution in [0.1, 0.15) is 22.3 Å². The lowest BCUT2D eigenvalue weighted by molar-refractivity contribution is 0.906. The molecule has 4 N–H and O–H groups in total. The van der Waals surface area contributed by atoms with Gasteiger partial charge in [-0.15, -0.1) is 0 Å². The van der Waals surface area contributed by atoms with Gasteiger partial charge in [0.25, 0.3) is 0 Å². The first-order valence-electron chi connectivity index (χ1n) is 9.79. The van der Waals surface area contributed by atoms with E-state index in [1.165, 1.54) is 11.1 Å². The largest absolute Gasteiger partial charge is 0.358 e. The summed E-state index contributed by atoms with van der Waals surface area (Å²) in [7, 11) is 0. The Bertz CT molecular complexity index is 899. The Hall–Kier alpha value is -2.96. The standard InChI is InChI=1S/C24H26N4S2/c1-17-3-11-21(12-4-17)27-23(29)25-15-19-7-9-20(10-8-19)16-26-24(30)28-22-13-5-18(2)6-14-22/h3-14H,15-16H2,1-2H3,(H2,25,27,29)(H2,26,28,30). The first kappa shape index (κ1) is 21.7. The van der Waals surface area contributed by atoms with Crippen LogP contribution in [0.4, 0.5) is 11.4 Å². The number of rotatable bonds is 6. The number of hydrogen-bond acceptors (Lipinski definition) is 2. The highest BCUT2D eigenvalue weighted by atomic mass is 32.1. The number of thiocarbonyl (C=S) groups is 2. The molecule has 154 valence electrons. The highest BCUT2D eigenvalue weighted by Gasteiger charge is 2.01. The van der Waals surface area contributed by atoms with E-state index in [9.17, 15) is 0 Å². The van der Waals surface area contributed by atoms with Gasteiger partial charge < -0.3 is 21.3 Å². The highest BCUT2D eigenvalue weighted by molar-refractivity contribution is 7.80. The molecule has 30 heavy (non-hydrogen) atoms. The minimum atomic E-state index is 0.608. The second kappa shape index (κ2) is 10.7. The van der Waals surface area contributed by atoms with Crippen LogP contribution < -0.4 is 21.3 Å². The summed E-state index contributed by atoms with van der Waals surface area (Å²) < 4.78 is 0. The predicted octanol–water partition coefficient (Wildman–Crippen LogP) is 5.28. The second-order valence-corrected chi connectivity index (χ2v) is 7.98. The van der Waals surface area contributed by atoms with Crippen LogP contribution in [0, 0.1) is 13.8 Å². The van der Waals surface area contributed by atoms with Gasteiger partial charge in [-0.2, -0.15) is 0 Å². The summed E-state index contributed by atoms with van der Waals surface area (Å²) in [6.45, 7) is 5.46. The molecule has 3 rings (SSSR count). The Kier molecular flexibility index (Phi) is 7.76. The molecule has 4 nitrogen and oxygen atoms in total. The van der Waals surface area contributed by atoms with E-state index in [0.717, 1.165) is 22.5 Å². The molecule has 0 heterocycles. The molecule has 0 unspecified atom stereocenters. The van der Waals surface area contributed by atoms with Gasteiger partial charge in [-0.3, -0.25) is 0 Å². The smallest absolute Gasteiger partial charge is 0.171 e. The van der Waals surface area contributed by atoms with Crippen molar-refractivity contribution < 1.29 is 0 Å². The first-order chi connectivity index (χ1) is 14.5. The molecule has 6 heteroatoms. The Labute approximate surface area is 189 Å². The van der Waals surface area contributed by atoms with E-state index in [-0.39, 0.29) is 0 Å². The van der Waals surface area contributed by atoms with E-state index in [4.69, 9.17) is 24.4 Å². The maximum atomic E-state index is 5.37. The third-order valence-electron chi connectivity index (χ3n) is 4.55. The van der Waals surface area contributed by atoms with Crippen LogP contribution in [0.15, 0.2) is 72.8 Å². The molecule has 0 atom stereocenters. The van der Waals surface area contributed by atoms with Crippen molar-refractivity contribution in [3.05, 3.63) is 95.1 Å². The van der Waals surface area contributed by atoms with Gasteiger partial charge in [0.15, 0.2) is 10.2 Å². The molecular weight excluding hydrogens is 408 g/mol. The van der Waals surface area contributed by atoms with Crippen LogP contribution in [0.5, 0.6) is 0 Å². The van der Waals surface area contributed by atoms with Crippen LogP contribution in [-0.2, 0) is 13.1 Å². The zero-order chi connectivity index (χ0) is 21.3. The number of hydrogen-bond donors (Lipinski definition) is 4. The molecule has 0 aliphatic heterocycles. The fourth-order valence-electron chi connectivity index (χ4n) is 2.76. The molecule has 3 aromatic carbocycles. The van der Waals surface area contributed by atoms with Crippen molar-refractivity contribution >= 4 is 46.0 Å². The molecule has 0 aliphatic rings. The zero-order valence-corrected chi connectivity index (χ0v) is 18.8. The summed E-state index contributed by atoms with van der Waals surface area (Å²) in [5.74, 6) is 0. The lowest BCUT2D eigenvalue weighted by atomic mass is 10.1. The fraction of sp³-hybridized carbons (Fsp3) is 0.167. The molecule has 0 aliphatic carbocycles. The monoisotopic (exact) mass is 434 g/mol. The number of anilines is 2. The van der Waals surface area contributed by atoms with Crippen LogP contribution in [0.25, 0.3) is 0 Å². The van der Waals surface area contributed by atoms with Gasteiger partial charge in [0.1, 0.15) is 0 Å². The average Bonchev–Trinajstić information content (AvgIpc) is 2.75. The summed E-state index contributed by atoms with van der Waals surface area (Å²) in [5.41, 5.74) is 6.73. The fourth-order valence-corrected chi connectivity index (χ4v) is 3.14. The van der Waals surface area contributed by atoms with Gasteiger partial charge in [0, 0.05) is 24.5 Å². The van der Waals surface area contributed by atoms with Crippen LogP contribution in [-0.4, -0.2) is 10.2 Å². The van der Waals surface area contributed by atoms with Gasteiger partial charge in [-0.25, -0.2) is 0 Å². The van der Waals surface area contributed by atoms with E-state index >= 15 is 0 Å². The van der Waals surface area contributed by atoms with Crippen molar-refractivity contribution in [3.8, 4) is 0 Å². The lowest BCUT2D eigenvalue weighted by Gasteiger charge is -2.12. The van der Waals surface area contributed by atoms with Gasteiger partial charge >= 0.3 is 0 Å². The number of benzene rings is 3. The molecule has 0 radical (unpaired) electrons. The van der Waals surface area contributed by atoms with E-state index < -0.39 is 0 Å². The Balaban J connectivity index is 1.40. The molecule has 0 saturated carbocycles. The van der Waals surface area contributed by atoms with E-state index in [0.29, 0.717) is 23.3 Å². The Morgan fingerprint density at radius 3 is 1.23 bits per heavy atom. The summed E-state index contributed by atoms with van der Waals surface area (Å²) in [6.07, 6.45) is 0. The summed E-state index contributed by atoms with van der Waals surface area (Å²) in [5, 5.41) is 14.1. The first-order valence-corrected chi connectivity index (χ1v) is 10.6. The van der Waals surface area contributed by atoms with Crippen molar-refractivity contribution in [3.63, 3.8) is 0 Å². The molecule has 3 aromatic rings. The lowest BCUT2D eigenvalue weighted by Crippen LogP contribution is -2.28. The molecule has 0 spiro atoms. The van der Waals surface area contributed by atoms with Gasteiger partial charge in [0.05, 0.1) is 0 Å². The molecule has 0 saturated heterocycles. The third-order valence-corrected chi connectivity index (χ3v) is 5.04. The van der Waals surface area contributed by atoms with Gasteiger partial charge in [-0.05, 0) is 73.7 Å². The summed E-state index contributed by atoms with van der Waals surface area (Å²) >= 11 is 10.7. The quantitative estimate of drug-likeness (QED) is 0.396. The SMILES string of the molecule is Cc1ccc(NC(=S)NCc2ccc(CNC(=S)Nc3ccc(C)cc3)cc2)cc1. The molecule has 0 amide bonds. The van der Waals surface area contributed by atoms with Gasteiger partial charge in [-0.1, -0.05) is 59.7 Å². The highest BCUT2D eigenvalue weighted by Crippen LogP contribution is 2.10. The van der Waals surface area contributed by atoms with Crippen LogP contribution >= 0.6 is 24.4 Å². The Morgan fingerprint density at radius 2 is 0.900 bits per heavy atom. The predicted molar refractivity (Wildman–Crippen MR) is 135 cm³/mol. The summed E-state index contributed by atoms with van der Waals surface area (Å²) in [4.78, 5) is 0. The topological polar surface area (TPSA) is 48.1 Å². The second-order valence-electron chi connectivity index (χ2n) is 7.16. The van der Waals surface area contributed by atoms with Crippen molar-refractivity contribution in [1.82, 2.24) is 10.6 Å². The minimum absolute atomic E-state index is 0.608. The number of aryl methyl sites for hydroxylation is 2. The molecule has 0 aromatic heterocycles. The molecule has 0 bridgehead atoms. The van der Waals surface area contributed by atoms with Crippen molar-refractivity contribution in [2.45, 2.75) is 26.9 Å². The maximum Gasteiger partial charge on any atom is 0.171 e. The van der Waals surface area contributed by atoms with Gasteiger partial charge in [0.2, 0.25) is 0 Å². The third kappa shape index (κ3) is 7.13. The summed E-state index contributed by atoms with van der Waals surface area (Å²) in [6, 6.07) is 24.7. The minimum Gasteiger partial charge on any atom is -0.358 e. The normalized spacial score (nSPS) is 10.2. The molecule has 0 fully saturated rings. The Morgan fingerprint density at radius 1 is 0.567 bits per heavy atom. The van der Waals surface area contributed by atoms with Crippen molar-refractivity contribution in [2.75, 3.05) is 10.6 Å². The van der Waals surface area contributed by atoms with E-state index in [1.807, 2.05) is 24.3 Å². The zero-order valence-electron chi connectivity index (χ0n) is 17.2. The van der Waals surface area contributed by atoms with E-state index in [1.54, 1.807) is 0 Å². The number of nitrogens with one attached hydrogen (secondary N) is 4. The van der Waals surface area contributed by atoms with Crippen LogP contribution in [0.3, 0.4) is 0 Å². The molecular formula is C24H26N4S2. The van der Waals surface area contributed by atoms with Crippen LogP contribution in [0.2, 0.25) is 0 Å². The maximum absolute atomic E-state index is 5.37. The van der Waals surface area contributed by atoms with Crippen molar-refractivity contribution in [1.29, 1.82) is 0 Å². The average molecular weight is 435 g/mol. The van der Waals surface area contributed by atoms with E-state index in [2.05, 4.69) is 83.6 Å². The van der Waals surface area contributed by atoms with Crippen molar-refractivity contribution in [2.24, 2.45) is 0 Å².